The zero-order valence-electron chi connectivity index (χ0n) is 9.61. The van der Waals surface area contributed by atoms with Crippen LogP contribution in [0.4, 0.5) is 4.39 Å². The van der Waals surface area contributed by atoms with E-state index in [1.54, 1.807) is 13.0 Å². The van der Waals surface area contributed by atoms with Crippen LogP contribution in [0.25, 0.3) is 0 Å². The van der Waals surface area contributed by atoms with Crippen molar-refractivity contribution in [2.45, 2.75) is 19.9 Å². The fraction of sp³-hybridized carbons (Fsp3) is 0.500. The molecular formula is C12H18FNO2. The lowest BCUT2D eigenvalue weighted by Crippen LogP contribution is -2.14. The van der Waals surface area contributed by atoms with Crippen molar-refractivity contribution >= 4 is 0 Å². The third-order valence-electron chi connectivity index (χ3n) is 2.30. The Kier molecular flexibility index (Phi) is 4.71. The second-order valence-corrected chi connectivity index (χ2v) is 4.07. The minimum atomic E-state index is -0.324. The van der Waals surface area contributed by atoms with Crippen LogP contribution in [-0.4, -0.2) is 18.3 Å². The molecule has 0 aliphatic heterocycles. The molecule has 0 aliphatic rings. The van der Waals surface area contributed by atoms with Crippen molar-refractivity contribution in [2.75, 3.05) is 13.2 Å². The second kappa shape index (κ2) is 5.82. The van der Waals surface area contributed by atoms with Gasteiger partial charge in [0.05, 0.1) is 6.61 Å². The molecule has 0 fully saturated rings. The maximum Gasteiger partial charge on any atom is 0.124 e. The van der Waals surface area contributed by atoms with Crippen molar-refractivity contribution in [3.05, 3.63) is 29.6 Å². The summed E-state index contributed by atoms with van der Waals surface area (Å²) in [5.41, 5.74) is 6.37. The predicted octanol–water partition coefficient (Wildman–Crippen LogP) is 1.85. The Bertz CT molecular complexity index is 342. The normalized spacial score (nSPS) is 14.6. The summed E-state index contributed by atoms with van der Waals surface area (Å²) in [6, 6.07) is 4.00. The Morgan fingerprint density at radius 1 is 1.44 bits per heavy atom. The topological polar surface area (TPSA) is 55.5 Å². The van der Waals surface area contributed by atoms with Crippen LogP contribution in [0.2, 0.25) is 0 Å². The molecule has 3 nitrogen and oxygen atoms in total. The first-order valence-corrected chi connectivity index (χ1v) is 5.33. The first kappa shape index (κ1) is 12.9. The summed E-state index contributed by atoms with van der Waals surface area (Å²) in [7, 11) is 0. The molecule has 0 spiro atoms. The quantitative estimate of drug-likeness (QED) is 0.807. The van der Waals surface area contributed by atoms with E-state index in [0.717, 1.165) is 0 Å². The zero-order chi connectivity index (χ0) is 12.1. The minimum absolute atomic E-state index is 0.0472. The van der Waals surface area contributed by atoms with Gasteiger partial charge in [0.25, 0.3) is 0 Å². The number of ether oxygens (including phenoxy) is 1. The van der Waals surface area contributed by atoms with Gasteiger partial charge in [-0.2, -0.15) is 0 Å². The standard InChI is InChI=1S/C12H18FNO2/c1-8(6-15)7-16-12-4-3-10(13)5-11(12)9(2)14/h3-5,8-9,15H,6-7,14H2,1-2H3. The summed E-state index contributed by atoms with van der Waals surface area (Å²) >= 11 is 0. The van der Waals surface area contributed by atoms with Gasteiger partial charge in [0, 0.05) is 24.1 Å². The van der Waals surface area contributed by atoms with Crippen molar-refractivity contribution in [1.29, 1.82) is 0 Å². The molecule has 4 heteroatoms. The first-order chi connectivity index (χ1) is 7.54. The van der Waals surface area contributed by atoms with Crippen LogP contribution in [-0.2, 0) is 0 Å². The van der Waals surface area contributed by atoms with Gasteiger partial charge in [-0.05, 0) is 25.1 Å². The molecule has 0 aromatic heterocycles. The van der Waals surface area contributed by atoms with Crippen molar-refractivity contribution in [1.82, 2.24) is 0 Å². The third-order valence-corrected chi connectivity index (χ3v) is 2.30. The molecule has 1 rings (SSSR count). The Hall–Kier alpha value is -1.13. The molecule has 90 valence electrons. The third kappa shape index (κ3) is 3.47. The van der Waals surface area contributed by atoms with Gasteiger partial charge in [-0.15, -0.1) is 0 Å². The molecule has 0 saturated heterocycles. The first-order valence-electron chi connectivity index (χ1n) is 5.33. The molecule has 16 heavy (non-hydrogen) atoms. The predicted molar refractivity (Wildman–Crippen MR) is 60.7 cm³/mol. The Labute approximate surface area is 95.0 Å². The summed E-state index contributed by atoms with van der Waals surface area (Å²) < 4.78 is 18.5. The smallest absolute Gasteiger partial charge is 0.124 e. The molecule has 0 radical (unpaired) electrons. The van der Waals surface area contributed by atoms with Gasteiger partial charge in [0.15, 0.2) is 0 Å². The largest absolute Gasteiger partial charge is 0.493 e. The van der Waals surface area contributed by atoms with Crippen LogP contribution in [0.3, 0.4) is 0 Å². The Morgan fingerprint density at radius 3 is 2.69 bits per heavy atom. The highest BCUT2D eigenvalue weighted by Gasteiger charge is 2.10. The molecule has 3 N–H and O–H groups in total. The van der Waals surface area contributed by atoms with Crippen LogP contribution in [0.1, 0.15) is 25.5 Å². The molecule has 0 aliphatic carbocycles. The van der Waals surface area contributed by atoms with Crippen LogP contribution in [0, 0.1) is 11.7 Å². The van der Waals surface area contributed by atoms with Crippen LogP contribution in [0.5, 0.6) is 5.75 Å². The molecule has 0 bridgehead atoms. The molecule has 1 aromatic carbocycles. The average molecular weight is 227 g/mol. The maximum absolute atomic E-state index is 13.0. The van der Waals surface area contributed by atoms with E-state index in [1.165, 1.54) is 12.1 Å². The SMILES string of the molecule is CC(CO)COc1ccc(F)cc1C(C)N. The lowest BCUT2D eigenvalue weighted by atomic mass is 10.1. The van der Waals surface area contributed by atoms with E-state index >= 15 is 0 Å². The van der Waals surface area contributed by atoms with E-state index in [0.29, 0.717) is 17.9 Å². The fourth-order valence-electron chi connectivity index (χ4n) is 1.29. The summed E-state index contributed by atoms with van der Waals surface area (Å²) in [5.74, 6) is 0.303. The molecule has 0 saturated carbocycles. The van der Waals surface area contributed by atoms with E-state index < -0.39 is 0 Å². The maximum atomic E-state index is 13.0. The van der Waals surface area contributed by atoms with Gasteiger partial charge in [-0.1, -0.05) is 6.92 Å². The van der Waals surface area contributed by atoms with Crippen molar-refractivity contribution < 1.29 is 14.2 Å². The highest BCUT2D eigenvalue weighted by molar-refractivity contribution is 5.36. The number of aliphatic hydroxyl groups excluding tert-OH is 1. The van der Waals surface area contributed by atoms with Gasteiger partial charge in [-0.3, -0.25) is 0 Å². The molecule has 2 atom stereocenters. The van der Waals surface area contributed by atoms with Crippen molar-refractivity contribution in [3.8, 4) is 5.75 Å². The number of rotatable bonds is 5. The van der Waals surface area contributed by atoms with Crippen molar-refractivity contribution in [3.63, 3.8) is 0 Å². The Morgan fingerprint density at radius 2 is 2.12 bits per heavy atom. The van der Waals surface area contributed by atoms with E-state index in [1.807, 2.05) is 6.92 Å². The molecule has 2 unspecified atom stereocenters. The number of halogens is 1. The monoisotopic (exact) mass is 227 g/mol. The highest BCUT2D eigenvalue weighted by atomic mass is 19.1. The van der Waals surface area contributed by atoms with Crippen molar-refractivity contribution in [2.24, 2.45) is 11.7 Å². The van der Waals surface area contributed by atoms with Gasteiger partial charge in [0.1, 0.15) is 11.6 Å². The molecule has 1 aromatic rings. The summed E-state index contributed by atoms with van der Waals surface area (Å²) in [6.45, 7) is 4.10. The second-order valence-electron chi connectivity index (χ2n) is 4.07. The summed E-state index contributed by atoms with van der Waals surface area (Å²) in [6.07, 6.45) is 0. The van der Waals surface area contributed by atoms with Gasteiger partial charge < -0.3 is 15.6 Å². The number of hydrogen-bond acceptors (Lipinski definition) is 3. The zero-order valence-corrected chi connectivity index (χ0v) is 9.61. The van der Waals surface area contributed by atoms with Gasteiger partial charge >= 0.3 is 0 Å². The summed E-state index contributed by atoms with van der Waals surface area (Å²) in [5, 5.41) is 8.87. The molecule has 0 heterocycles. The molecule has 0 amide bonds. The summed E-state index contributed by atoms with van der Waals surface area (Å²) in [4.78, 5) is 0. The molecular weight excluding hydrogens is 209 g/mol. The van der Waals surface area contributed by atoms with E-state index in [-0.39, 0.29) is 24.4 Å². The lowest BCUT2D eigenvalue weighted by Gasteiger charge is -2.16. The highest BCUT2D eigenvalue weighted by Crippen LogP contribution is 2.25. The van der Waals surface area contributed by atoms with E-state index in [2.05, 4.69) is 0 Å². The number of nitrogens with two attached hydrogens (primary N) is 1. The lowest BCUT2D eigenvalue weighted by molar-refractivity contribution is 0.173. The number of hydrogen-bond donors (Lipinski definition) is 2. The Balaban J connectivity index is 2.78. The van der Waals surface area contributed by atoms with Gasteiger partial charge in [0.2, 0.25) is 0 Å². The van der Waals surface area contributed by atoms with E-state index in [9.17, 15) is 4.39 Å². The van der Waals surface area contributed by atoms with Crippen LogP contribution < -0.4 is 10.5 Å². The van der Waals surface area contributed by atoms with Crippen LogP contribution >= 0.6 is 0 Å². The van der Waals surface area contributed by atoms with Gasteiger partial charge in [-0.25, -0.2) is 4.39 Å². The number of benzene rings is 1. The fourth-order valence-corrected chi connectivity index (χ4v) is 1.29. The van der Waals surface area contributed by atoms with Crippen LogP contribution in [0.15, 0.2) is 18.2 Å². The van der Waals surface area contributed by atoms with E-state index in [4.69, 9.17) is 15.6 Å². The minimum Gasteiger partial charge on any atom is -0.493 e. The average Bonchev–Trinajstić information content (AvgIpc) is 2.26. The number of aliphatic hydroxyl groups is 1.